The molecule has 2 rings (SSSR count). The lowest BCUT2D eigenvalue weighted by Crippen LogP contribution is -2.37. The number of hydrogen-bond acceptors (Lipinski definition) is 5. The highest BCUT2D eigenvalue weighted by molar-refractivity contribution is 5.06. The fourth-order valence-corrected chi connectivity index (χ4v) is 2.39. The van der Waals surface area contributed by atoms with E-state index in [0.29, 0.717) is 18.1 Å². The van der Waals surface area contributed by atoms with E-state index in [0.717, 1.165) is 32.2 Å². The van der Waals surface area contributed by atoms with Gasteiger partial charge in [-0.3, -0.25) is 0 Å². The number of nitrogens with one attached hydrogen (secondary N) is 1. The Kier molecular flexibility index (Phi) is 3.56. The SMILES string of the molecule is CCCC1(c2nc(CCO)no2)CCCN1. The van der Waals surface area contributed by atoms with Crippen molar-refractivity contribution in [3.05, 3.63) is 11.7 Å². The van der Waals surface area contributed by atoms with E-state index in [4.69, 9.17) is 9.63 Å². The Morgan fingerprint density at radius 1 is 1.56 bits per heavy atom. The molecule has 5 nitrogen and oxygen atoms in total. The van der Waals surface area contributed by atoms with Crippen molar-refractivity contribution in [1.29, 1.82) is 0 Å². The first kappa shape index (κ1) is 11.5. The van der Waals surface area contributed by atoms with Gasteiger partial charge >= 0.3 is 0 Å². The molecule has 90 valence electrons. The van der Waals surface area contributed by atoms with Gasteiger partial charge in [-0.25, -0.2) is 0 Å². The lowest BCUT2D eigenvalue weighted by molar-refractivity contribution is 0.240. The van der Waals surface area contributed by atoms with E-state index in [1.54, 1.807) is 0 Å². The lowest BCUT2D eigenvalue weighted by atomic mass is 9.92. The van der Waals surface area contributed by atoms with Gasteiger partial charge in [-0.15, -0.1) is 0 Å². The van der Waals surface area contributed by atoms with Crippen LogP contribution in [-0.4, -0.2) is 28.4 Å². The second-order valence-electron chi connectivity index (χ2n) is 4.35. The van der Waals surface area contributed by atoms with Crippen molar-refractivity contribution in [2.24, 2.45) is 0 Å². The van der Waals surface area contributed by atoms with E-state index in [1.807, 2.05) is 0 Å². The smallest absolute Gasteiger partial charge is 0.246 e. The Morgan fingerprint density at radius 2 is 2.44 bits per heavy atom. The van der Waals surface area contributed by atoms with E-state index in [-0.39, 0.29) is 12.1 Å². The molecular weight excluding hydrogens is 206 g/mol. The van der Waals surface area contributed by atoms with Crippen molar-refractivity contribution in [3.63, 3.8) is 0 Å². The van der Waals surface area contributed by atoms with Gasteiger partial charge in [0.25, 0.3) is 0 Å². The maximum atomic E-state index is 8.82. The Morgan fingerprint density at radius 3 is 3.06 bits per heavy atom. The molecular formula is C11H19N3O2. The van der Waals surface area contributed by atoms with Gasteiger partial charge < -0.3 is 14.9 Å². The summed E-state index contributed by atoms with van der Waals surface area (Å²) in [4.78, 5) is 4.37. The summed E-state index contributed by atoms with van der Waals surface area (Å²) in [5.74, 6) is 1.29. The van der Waals surface area contributed by atoms with Crippen molar-refractivity contribution in [1.82, 2.24) is 15.5 Å². The third-order valence-electron chi connectivity index (χ3n) is 3.13. The first-order valence-electron chi connectivity index (χ1n) is 6.00. The van der Waals surface area contributed by atoms with Crippen LogP contribution in [0.4, 0.5) is 0 Å². The molecule has 1 atom stereocenters. The molecule has 1 aromatic rings. The zero-order chi connectivity index (χ0) is 11.4. The van der Waals surface area contributed by atoms with E-state index in [9.17, 15) is 0 Å². The Labute approximate surface area is 95.2 Å². The van der Waals surface area contributed by atoms with Gasteiger partial charge in [-0.2, -0.15) is 4.98 Å². The van der Waals surface area contributed by atoms with Crippen LogP contribution in [0.1, 0.15) is 44.3 Å². The molecule has 5 heteroatoms. The van der Waals surface area contributed by atoms with Crippen LogP contribution in [0.25, 0.3) is 0 Å². The first-order valence-corrected chi connectivity index (χ1v) is 6.00. The number of aromatic nitrogens is 2. The maximum absolute atomic E-state index is 8.82. The van der Waals surface area contributed by atoms with E-state index >= 15 is 0 Å². The van der Waals surface area contributed by atoms with Crippen LogP contribution in [0.5, 0.6) is 0 Å². The molecule has 16 heavy (non-hydrogen) atoms. The van der Waals surface area contributed by atoms with Gasteiger partial charge in [0, 0.05) is 6.42 Å². The molecule has 1 aliphatic rings. The van der Waals surface area contributed by atoms with E-state index < -0.39 is 0 Å². The van der Waals surface area contributed by atoms with Crippen molar-refractivity contribution >= 4 is 0 Å². The van der Waals surface area contributed by atoms with Crippen LogP contribution >= 0.6 is 0 Å². The number of hydrogen-bond donors (Lipinski definition) is 2. The highest BCUT2D eigenvalue weighted by atomic mass is 16.5. The van der Waals surface area contributed by atoms with E-state index in [2.05, 4.69) is 22.4 Å². The molecule has 0 aromatic carbocycles. The minimum Gasteiger partial charge on any atom is -0.396 e. The Balaban J connectivity index is 2.18. The molecule has 1 saturated heterocycles. The molecule has 1 aliphatic heterocycles. The molecule has 0 aliphatic carbocycles. The number of aliphatic hydroxyl groups excluding tert-OH is 1. The number of aliphatic hydroxyl groups is 1. The molecule has 0 amide bonds. The second-order valence-corrected chi connectivity index (χ2v) is 4.35. The minimum absolute atomic E-state index is 0.0627. The summed E-state index contributed by atoms with van der Waals surface area (Å²) in [6.07, 6.45) is 4.78. The average molecular weight is 225 g/mol. The van der Waals surface area contributed by atoms with Crippen LogP contribution in [0, 0.1) is 0 Å². The molecule has 0 bridgehead atoms. The normalized spacial score (nSPS) is 25.1. The van der Waals surface area contributed by atoms with Crippen LogP contribution in [0.3, 0.4) is 0 Å². The number of rotatable bonds is 5. The van der Waals surface area contributed by atoms with Gasteiger partial charge in [0.15, 0.2) is 5.82 Å². The zero-order valence-corrected chi connectivity index (χ0v) is 9.70. The highest BCUT2D eigenvalue weighted by Crippen LogP contribution is 2.34. The Bertz CT molecular complexity index is 332. The van der Waals surface area contributed by atoms with Crippen LogP contribution in [-0.2, 0) is 12.0 Å². The molecule has 0 radical (unpaired) electrons. The summed E-state index contributed by atoms with van der Waals surface area (Å²) in [7, 11) is 0. The van der Waals surface area contributed by atoms with Crippen molar-refractivity contribution in [3.8, 4) is 0 Å². The summed E-state index contributed by atoms with van der Waals surface area (Å²) in [5, 5.41) is 16.2. The molecule has 0 spiro atoms. The summed E-state index contributed by atoms with van der Waals surface area (Å²) in [6.45, 7) is 3.23. The van der Waals surface area contributed by atoms with Gasteiger partial charge in [-0.1, -0.05) is 18.5 Å². The molecule has 1 unspecified atom stereocenters. The van der Waals surface area contributed by atoms with Crippen molar-refractivity contribution < 1.29 is 9.63 Å². The van der Waals surface area contributed by atoms with Crippen molar-refractivity contribution in [2.45, 2.75) is 44.6 Å². The van der Waals surface area contributed by atoms with Gasteiger partial charge in [0.05, 0.1) is 12.1 Å². The number of nitrogens with zero attached hydrogens (tertiary/aromatic N) is 2. The summed E-state index contributed by atoms with van der Waals surface area (Å²) >= 11 is 0. The predicted molar refractivity (Wildman–Crippen MR) is 58.9 cm³/mol. The first-order chi connectivity index (χ1) is 7.80. The largest absolute Gasteiger partial charge is 0.396 e. The van der Waals surface area contributed by atoms with Gasteiger partial charge in [0.1, 0.15) is 0 Å². The quantitative estimate of drug-likeness (QED) is 0.781. The monoisotopic (exact) mass is 225 g/mol. The van der Waals surface area contributed by atoms with Crippen LogP contribution in [0.2, 0.25) is 0 Å². The van der Waals surface area contributed by atoms with Crippen LogP contribution < -0.4 is 5.32 Å². The molecule has 1 fully saturated rings. The highest BCUT2D eigenvalue weighted by Gasteiger charge is 2.39. The van der Waals surface area contributed by atoms with Crippen molar-refractivity contribution in [2.75, 3.05) is 13.2 Å². The fourth-order valence-electron chi connectivity index (χ4n) is 2.39. The standard InChI is InChI=1S/C11H19N3O2/c1-2-5-11(6-3-7-12-11)10-13-9(4-8-15)14-16-10/h12,15H,2-8H2,1H3. The average Bonchev–Trinajstić information content (AvgIpc) is 2.88. The zero-order valence-electron chi connectivity index (χ0n) is 9.70. The molecule has 1 aromatic heterocycles. The topological polar surface area (TPSA) is 71.2 Å². The third-order valence-corrected chi connectivity index (χ3v) is 3.13. The Hall–Kier alpha value is -0.940. The third kappa shape index (κ3) is 2.10. The predicted octanol–water partition coefficient (Wildman–Crippen LogP) is 0.983. The molecule has 0 saturated carbocycles. The van der Waals surface area contributed by atoms with Crippen LogP contribution in [0.15, 0.2) is 4.52 Å². The van der Waals surface area contributed by atoms with Gasteiger partial charge in [-0.05, 0) is 25.8 Å². The maximum Gasteiger partial charge on any atom is 0.246 e. The molecule has 2 N–H and O–H groups in total. The van der Waals surface area contributed by atoms with E-state index in [1.165, 1.54) is 0 Å². The lowest BCUT2D eigenvalue weighted by Gasteiger charge is -2.24. The minimum atomic E-state index is -0.116. The van der Waals surface area contributed by atoms with Gasteiger partial charge in [0.2, 0.25) is 5.89 Å². The summed E-state index contributed by atoms with van der Waals surface area (Å²) < 4.78 is 5.32. The summed E-state index contributed by atoms with van der Waals surface area (Å²) in [6, 6.07) is 0. The second kappa shape index (κ2) is 4.93. The molecule has 2 heterocycles. The fraction of sp³-hybridized carbons (Fsp3) is 0.818. The summed E-state index contributed by atoms with van der Waals surface area (Å²) in [5.41, 5.74) is -0.116.